The minimum absolute atomic E-state index is 0.0222. The molecule has 1 heterocycles. The van der Waals surface area contributed by atoms with Gasteiger partial charge in [-0.25, -0.2) is 4.98 Å². The number of thiazole rings is 1. The van der Waals surface area contributed by atoms with E-state index in [1.807, 2.05) is 29.6 Å². The molecule has 0 N–H and O–H groups in total. The molecule has 0 aliphatic heterocycles. The highest BCUT2D eigenvalue weighted by Gasteiger charge is 2.12. The molecule has 0 unspecified atom stereocenters. The molecule has 5 nitrogen and oxygen atoms in total. The van der Waals surface area contributed by atoms with Crippen molar-refractivity contribution in [2.45, 2.75) is 19.4 Å². The summed E-state index contributed by atoms with van der Waals surface area (Å²) in [5, 5.41) is 3.23. The molecule has 1 aromatic heterocycles. The number of halogens is 1. The zero-order valence-corrected chi connectivity index (χ0v) is 16.8. The van der Waals surface area contributed by atoms with Crippen LogP contribution in [0.2, 0.25) is 5.02 Å². The number of ketones is 1. The van der Waals surface area contributed by atoms with Gasteiger partial charge in [-0.15, -0.1) is 11.3 Å². The molecule has 144 valence electrons. The van der Waals surface area contributed by atoms with E-state index in [2.05, 4.69) is 4.98 Å². The first-order valence-corrected chi connectivity index (χ1v) is 9.84. The van der Waals surface area contributed by atoms with Crippen molar-refractivity contribution < 1.29 is 19.1 Å². The molecule has 2 aromatic carbocycles. The summed E-state index contributed by atoms with van der Waals surface area (Å²) in [7, 11) is 1.61. The van der Waals surface area contributed by atoms with Crippen LogP contribution in [0.1, 0.15) is 28.9 Å². The molecule has 3 rings (SSSR count). The van der Waals surface area contributed by atoms with Crippen LogP contribution in [0.15, 0.2) is 53.9 Å². The van der Waals surface area contributed by atoms with Gasteiger partial charge in [-0.2, -0.15) is 0 Å². The summed E-state index contributed by atoms with van der Waals surface area (Å²) >= 11 is 7.27. The van der Waals surface area contributed by atoms with Crippen LogP contribution in [0.3, 0.4) is 0 Å². The fourth-order valence-electron chi connectivity index (χ4n) is 2.48. The molecule has 0 atom stereocenters. The Bertz CT molecular complexity index is 969. The predicted octanol–water partition coefficient (Wildman–Crippen LogP) is 5.18. The largest absolute Gasteiger partial charge is 0.497 e. The van der Waals surface area contributed by atoms with Gasteiger partial charge in [-0.3, -0.25) is 9.59 Å². The number of carbonyl (C=O) groups excluding carboxylic acids is 2. The van der Waals surface area contributed by atoms with Gasteiger partial charge in [-0.05, 0) is 36.4 Å². The van der Waals surface area contributed by atoms with Crippen LogP contribution >= 0.6 is 22.9 Å². The van der Waals surface area contributed by atoms with Gasteiger partial charge in [0.1, 0.15) is 17.4 Å². The van der Waals surface area contributed by atoms with Gasteiger partial charge in [0.15, 0.2) is 5.78 Å². The molecule has 0 saturated heterocycles. The third-order valence-electron chi connectivity index (χ3n) is 3.97. The van der Waals surface area contributed by atoms with Crippen molar-refractivity contribution in [1.82, 2.24) is 4.98 Å². The van der Waals surface area contributed by atoms with Gasteiger partial charge in [0.05, 0.1) is 19.2 Å². The molecule has 0 fully saturated rings. The number of rotatable bonds is 8. The van der Waals surface area contributed by atoms with E-state index in [1.165, 1.54) is 11.3 Å². The molecule has 0 amide bonds. The van der Waals surface area contributed by atoms with Crippen molar-refractivity contribution in [1.29, 1.82) is 0 Å². The number of Topliss-reactive ketones (excluding diaryl/α,β-unsaturated/α-hetero) is 1. The van der Waals surface area contributed by atoms with Crippen molar-refractivity contribution in [3.8, 4) is 16.3 Å². The molecular weight excluding hydrogens is 398 g/mol. The van der Waals surface area contributed by atoms with Crippen LogP contribution in [0, 0.1) is 0 Å². The topological polar surface area (TPSA) is 65.5 Å². The lowest BCUT2D eigenvalue weighted by atomic mass is 10.1. The average molecular weight is 416 g/mol. The van der Waals surface area contributed by atoms with Crippen molar-refractivity contribution >= 4 is 34.7 Å². The second-order valence-corrected chi connectivity index (χ2v) is 7.26. The lowest BCUT2D eigenvalue weighted by Gasteiger charge is -2.04. The van der Waals surface area contributed by atoms with Crippen LogP contribution in [0.25, 0.3) is 10.6 Å². The Morgan fingerprint density at radius 1 is 1.11 bits per heavy atom. The Morgan fingerprint density at radius 2 is 1.89 bits per heavy atom. The van der Waals surface area contributed by atoms with E-state index >= 15 is 0 Å². The molecule has 28 heavy (non-hydrogen) atoms. The second kappa shape index (κ2) is 9.48. The van der Waals surface area contributed by atoms with Crippen molar-refractivity contribution in [2.75, 3.05) is 7.11 Å². The maximum absolute atomic E-state index is 12.1. The molecule has 0 aliphatic rings. The van der Waals surface area contributed by atoms with Gasteiger partial charge >= 0.3 is 5.97 Å². The smallest absolute Gasteiger partial charge is 0.306 e. The number of aromatic nitrogens is 1. The first kappa shape index (κ1) is 20.0. The number of hydrogen-bond acceptors (Lipinski definition) is 6. The fraction of sp³-hybridized carbons (Fsp3) is 0.190. The molecule has 0 radical (unpaired) electrons. The van der Waals surface area contributed by atoms with Crippen molar-refractivity contribution in [3.05, 3.63) is 70.2 Å². The highest BCUT2D eigenvalue weighted by atomic mass is 35.5. The summed E-state index contributed by atoms with van der Waals surface area (Å²) in [5.41, 5.74) is 2.13. The van der Waals surface area contributed by atoms with Gasteiger partial charge in [0.25, 0.3) is 0 Å². The van der Waals surface area contributed by atoms with E-state index in [1.54, 1.807) is 31.4 Å². The quantitative estimate of drug-likeness (QED) is 0.374. The van der Waals surface area contributed by atoms with E-state index in [9.17, 15) is 9.59 Å². The zero-order valence-electron chi connectivity index (χ0n) is 15.2. The van der Waals surface area contributed by atoms with Gasteiger partial charge < -0.3 is 9.47 Å². The Hall–Kier alpha value is -2.70. The summed E-state index contributed by atoms with van der Waals surface area (Å²) in [5.74, 6) is 0.201. The van der Waals surface area contributed by atoms with Crippen LogP contribution in [0.4, 0.5) is 0 Å². The molecule has 7 heteroatoms. The monoisotopic (exact) mass is 415 g/mol. The Labute approximate surface area is 171 Å². The summed E-state index contributed by atoms with van der Waals surface area (Å²) in [6.45, 7) is 0.0778. The Morgan fingerprint density at radius 3 is 2.64 bits per heavy atom. The van der Waals surface area contributed by atoms with E-state index in [-0.39, 0.29) is 25.2 Å². The second-order valence-electron chi connectivity index (χ2n) is 5.97. The Balaban J connectivity index is 1.49. The van der Waals surface area contributed by atoms with Crippen LogP contribution < -0.4 is 4.74 Å². The van der Waals surface area contributed by atoms with Crippen LogP contribution in [-0.4, -0.2) is 23.8 Å². The normalized spacial score (nSPS) is 10.5. The zero-order chi connectivity index (χ0) is 19.9. The maximum atomic E-state index is 12.1. The van der Waals surface area contributed by atoms with E-state index in [0.29, 0.717) is 16.3 Å². The SMILES string of the molecule is COc1cccc(-c2nc(COC(=O)CCC(=O)c3ccc(Cl)cc3)cs2)c1. The number of ether oxygens (including phenoxy) is 2. The van der Waals surface area contributed by atoms with Gasteiger partial charge in [-0.1, -0.05) is 23.7 Å². The number of methoxy groups -OCH3 is 1. The van der Waals surface area contributed by atoms with Crippen LogP contribution in [0.5, 0.6) is 5.75 Å². The first-order chi connectivity index (χ1) is 13.5. The summed E-state index contributed by atoms with van der Waals surface area (Å²) < 4.78 is 10.5. The number of benzene rings is 2. The standard InChI is InChI=1S/C21H18ClNO4S/c1-26-18-4-2-3-15(11-18)21-23-17(13-28-21)12-27-20(25)10-9-19(24)14-5-7-16(22)8-6-14/h2-8,11,13H,9-10,12H2,1H3. The molecule has 0 spiro atoms. The van der Waals surface area contributed by atoms with Crippen molar-refractivity contribution in [3.63, 3.8) is 0 Å². The third-order valence-corrected chi connectivity index (χ3v) is 5.16. The van der Waals surface area contributed by atoms with Gasteiger partial charge in [0, 0.05) is 28.0 Å². The molecule has 0 bridgehead atoms. The predicted molar refractivity (Wildman–Crippen MR) is 109 cm³/mol. The molecule has 0 aliphatic carbocycles. The Kier molecular flexibility index (Phi) is 6.79. The summed E-state index contributed by atoms with van der Waals surface area (Å²) in [6, 6.07) is 14.2. The number of nitrogens with zero attached hydrogens (tertiary/aromatic N) is 1. The lowest BCUT2D eigenvalue weighted by molar-refractivity contribution is -0.145. The number of hydrogen-bond donors (Lipinski definition) is 0. The number of carbonyl (C=O) groups is 2. The summed E-state index contributed by atoms with van der Waals surface area (Å²) in [6.07, 6.45) is 0.112. The highest BCUT2D eigenvalue weighted by molar-refractivity contribution is 7.13. The fourth-order valence-corrected chi connectivity index (χ4v) is 3.41. The summed E-state index contributed by atoms with van der Waals surface area (Å²) in [4.78, 5) is 28.5. The third kappa shape index (κ3) is 5.41. The van der Waals surface area contributed by atoms with E-state index < -0.39 is 5.97 Å². The van der Waals surface area contributed by atoms with Crippen LogP contribution in [-0.2, 0) is 16.1 Å². The maximum Gasteiger partial charge on any atom is 0.306 e. The first-order valence-electron chi connectivity index (χ1n) is 8.58. The lowest BCUT2D eigenvalue weighted by Crippen LogP contribution is -2.08. The number of esters is 1. The van der Waals surface area contributed by atoms with E-state index in [0.717, 1.165) is 16.3 Å². The molecule has 0 saturated carbocycles. The highest BCUT2D eigenvalue weighted by Crippen LogP contribution is 2.27. The molecular formula is C21H18ClNO4S. The van der Waals surface area contributed by atoms with Gasteiger partial charge in [0.2, 0.25) is 0 Å². The van der Waals surface area contributed by atoms with E-state index in [4.69, 9.17) is 21.1 Å². The van der Waals surface area contributed by atoms with Crippen molar-refractivity contribution in [2.24, 2.45) is 0 Å². The average Bonchev–Trinajstić information content (AvgIpc) is 3.20. The minimum atomic E-state index is -0.432. The molecule has 3 aromatic rings. The minimum Gasteiger partial charge on any atom is -0.497 e.